The average Bonchev–Trinajstić information content (AvgIpc) is 2.87. The molecule has 0 saturated heterocycles. The van der Waals surface area contributed by atoms with Crippen molar-refractivity contribution >= 4 is 50.6 Å². The number of halogens is 1. The van der Waals surface area contributed by atoms with Crippen LogP contribution in [0.2, 0.25) is 5.02 Å². The molecule has 1 amide bonds. The third-order valence-electron chi connectivity index (χ3n) is 4.88. The summed E-state index contributed by atoms with van der Waals surface area (Å²) in [5.74, 6) is -1.89. The number of amides is 1. The lowest BCUT2D eigenvalue weighted by atomic mass is 10.1. The number of rotatable bonds is 8. The summed E-state index contributed by atoms with van der Waals surface area (Å²) < 4.78 is 32.0. The zero-order valence-corrected chi connectivity index (χ0v) is 20.1. The van der Waals surface area contributed by atoms with Gasteiger partial charge in [0.15, 0.2) is 6.61 Å². The topological polar surface area (TPSA) is 160 Å². The number of sulfonamides is 1. The molecule has 3 aromatic carbocycles. The molecule has 11 nitrogen and oxygen atoms in total. The first-order chi connectivity index (χ1) is 17.0. The van der Waals surface area contributed by atoms with Crippen molar-refractivity contribution < 1.29 is 27.7 Å². The molecule has 0 fully saturated rings. The van der Waals surface area contributed by atoms with Crippen molar-refractivity contribution in [1.29, 1.82) is 5.26 Å². The van der Waals surface area contributed by atoms with Crippen LogP contribution in [0, 0.1) is 21.4 Å². The Bertz CT molecular complexity index is 1490. The summed E-state index contributed by atoms with van der Waals surface area (Å²) in [6.45, 7) is -0.794. The van der Waals surface area contributed by atoms with Crippen LogP contribution in [0.4, 0.5) is 17.1 Å². The van der Waals surface area contributed by atoms with Crippen molar-refractivity contribution in [1.82, 2.24) is 0 Å². The molecule has 0 radical (unpaired) electrons. The lowest BCUT2D eigenvalue weighted by molar-refractivity contribution is -0.384. The Kier molecular flexibility index (Phi) is 7.88. The maximum absolute atomic E-state index is 13.0. The molecule has 0 unspecified atom stereocenters. The number of nitro benzene ring substituents is 1. The van der Waals surface area contributed by atoms with E-state index in [0.29, 0.717) is 5.69 Å². The summed E-state index contributed by atoms with van der Waals surface area (Å²) in [5.41, 5.74) is -0.388. The quantitative estimate of drug-likeness (QED) is 0.263. The first-order valence-electron chi connectivity index (χ1n) is 10.0. The molecule has 0 aromatic heterocycles. The van der Waals surface area contributed by atoms with Crippen LogP contribution in [-0.4, -0.2) is 38.9 Å². The first-order valence-corrected chi connectivity index (χ1v) is 11.9. The fourth-order valence-electron chi connectivity index (χ4n) is 3.00. The van der Waals surface area contributed by atoms with E-state index in [1.807, 2.05) is 0 Å². The summed E-state index contributed by atoms with van der Waals surface area (Å²) in [5, 5.41) is 22.2. The van der Waals surface area contributed by atoms with Gasteiger partial charge in [-0.15, -0.1) is 0 Å². The predicted molar refractivity (Wildman–Crippen MR) is 130 cm³/mol. The van der Waals surface area contributed by atoms with Gasteiger partial charge in [0.05, 0.1) is 37.3 Å². The van der Waals surface area contributed by atoms with Crippen molar-refractivity contribution in [2.75, 3.05) is 23.3 Å². The Morgan fingerprint density at radius 2 is 1.83 bits per heavy atom. The van der Waals surface area contributed by atoms with Gasteiger partial charge in [0.1, 0.15) is 6.07 Å². The first kappa shape index (κ1) is 26.1. The van der Waals surface area contributed by atoms with Crippen LogP contribution >= 0.6 is 11.6 Å². The van der Waals surface area contributed by atoms with Crippen molar-refractivity contribution in [2.24, 2.45) is 0 Å². The summed E-state index contributed by atoms with van der Waals surface area (Å²) in [4.78, 5) is 34.7. The van der Waals surface area contributed by atoms with Crippen LogP contribution in [0.1, 0.15) is 15.9 Å². The molecule has 3 rings (SSSR count). The molecule has 0 aliphatic heterocycles. The highest BCUT2D eigenvalue weighted by atomic mass is 35.5. The molecular weight excluding hydrogens is 512 g/mol. The maximum Gasteiger partial charge on any atom is 0.340 e. The third-order valence-corrected chi connectivity index (χ3v) is 6.99. The molecule has 0 aliphatic carbocycles. The number of hydrogen-bond acceptors (Lipinski definition) is 8. The molecule has 3 aromatic rings. The van der Waals surface area contributed by atoms with Crippen LogP contribution in [0.15, 0.2) is 71.6 Å². The van der Waals surface area contributed by atoms with E-state index in [2.05, 4.69) is 5.32 Å². The number of para-hydroxylation sites is 1. The number of nitriles is 1. The van der Waals surface area contributed by atoms with Crippen molar-refractivity contribution in [3.63, 3.8) is 0 Å². The highest BCUT2D eigenvalue weighted by molar-refractivity contribution is 7.92. The van der Waals surface area contributed by atoms with Gasteiger partial charge in [-0.1, -0.05) is 29.8 Å². The minimum atomic E-state index is -4.05. The van der Waals surface area contributed by atoms with Gasteiger partial charge in [0.2, 0.25) is 0 Å². The number of esters is 1. The third kappa shape index (κ3) is 5.77. The molecule has 0 atom stereocenters. The fraction of sp³-hybridized carbons (Fsp3) is 0.0870. The maximum atomic E-state index is 13.0. The van der Waals surface area contributed by atoms with Crippen molar-refractivity contribution in [3.8, 4) is 6.07 Å². The Hall–Kier alpha value is -4.47. The van der Waals surface area contributed by atoms with E-state index >= 15 is 0 Å². The number of hydrogen-bond donors (Lipinski definition) is 1. The summed E-state index contributed by atoms with van der Waals surface area (Å²) >= 11 is 6.06. The predicted octanol–water partition coefficient (Wildman–Crippen LogP) is 3.74. The molecule has 184 valence electrons. The van der Waals surface area contributed by atoms with E-state index in [-0.39, 0.29) is 32.4 Å². The number of non-ortho nitro benzene ring substituents is 1. The van der Waals surface area contributed by atoms with Crippen LogP contribution in [-0.2, 0) is 19.6 Å². The smallest absolute Gasteiger partial charge is 0.340 e. The zero-order chi connectivity index (χ0) is 26.5. The average molecular weight is 529 g/mol. The number of nitro groups is 1. The summed E-state index contributed by atoms with van der Waals surface area (Å²) in [7, 11) is -2.69. The Balaban J connectivity index is 1.73. The SMILES string of the molecule is CN(c1ccccc1)S(=O)(=O)c1ccc(Cl)c(C(=O)OCC(=O)Nc2ccc([N+](=O)[O-])cc2C#N)c1. The van der Waals surface area contributed by atoms with Gasteiger partial charge in [-0.25, -0.2) is 13.2 Å². The van der Waals surface area contributed by atoms with Gasteiger partial charge in [-0.05, 0) is 36.4 Å². The number of nitrogens with zero attached hydrogens (tertiary/aromatic N) is 3. The van der Waals surface area contributed by atoms with Crippen molar-refractivity contribution in [3.05, 3.63) is 93.0 Å². The molecule has 36 heavy (non-hydrogen) atoms. The number of carbonyl (C=O) groups is 2. The van der Waals surface area contributed by atoms with Gasteiger partial charge in [0, 0.05) is 19.2 Å². The minimum Gasteiger partial charge on any atom is -0.452 e. The second-order valence-corrected chi connectivity index (χ2v) is 9.55. The number of carbonyl (C=O) groups excluding carboxylic acids is 2. The normalized spacial score (nSPS) is 10.7. The van der Waals surface area contributed by atoms with E-state index in [0.717, 1.165) is 22.5 Å². The fourth-order valence-corrected chi connectivity index (χ4v) is 4.42. The summed E-state index contributed by atoms with van der Waals surface area (Å²) in [6.07, 6.45) is 0. The van der Waals surface area contributed by atoms with Gasteiger partial charge in [0.25, 0.3) is 21.6 Å². The highest BCUT2D eigenvalue weighted by Gasteiger charge is 2.24. The highest BCUT2D eigenvalue weighted by Crippen LogP contribution is 2.26. The summed E-state index contributed by atoms with van der Waals surface area (Å²) in [6, 6.07) is 16.8. The number of ether oxygens (including phenoxy) is 1. The Morgan fingerprint density at radius 1 is 1.14 bits per heavy atom. The second kappa shape index (κ2) is 10.9. The van der Waals surface area contributed by atoms with Gasteiger partial charge in [-0.3, -0.25) is 19.2 Å². The van der Waals surface area contributed by atoms with Crippen LogP contribution < -0.4 is 9.62 Å². The molecule has 1 N–H and O–H groups in total. The van der Waals surface area contributed by atoms with E-state index in [1.165, 1.54) is 25.2 Å². The minimum absolute atomic E-state index is 0.0146. The van der Waals surface area contributed by atoms with Gasteiger partial charge >= 0.3 is 5.97 Å². The van der Waals surface area contributed by atoms with Gasteiger partial charge < -0.3 is 10.1 Å². The van der Waals surface area contributed by atoms with Crippen LogP contribution in [0.3, 0.4) is 0 Å². The Labute approximate surface area is 210 Å². The van der Waals surface area contributed by atoms with Crippen LogP contribution in [0.25, 0.3) is 0 Å². The van der Waals surface area contributed by atoms with Crippen LogP contribution in [0.5, 0.6) is 0 Å². The molecule has 0 bridgehead atoms. The molecule has 13 heteroatoms. The largest absolute Gasteiger partial charge is 0.452 e. The van der Waals surface area contributed by atoms with E-state index in [1.54, 1.807) is 36.4 Å². The molecule has 0 aliphatic rings. The zero-order valence-electron chi connectivity index (χ0n) is 18.5. The number of benzene rings is 3. The van der Waals surface area contributed by atoms with E-state index in [4.69, 9.17) is 21.6 Å². The van der Waals surface area contributed by atoms with E-state index < -0.39 is 33.4 Å². The molecule has 0 spiro atoms. The lowest BCUT2D eigenvalue weighted by Gasteiger charge is -2.20. The van der Waals surface area contributed by atoms with Crippen molar-refractivity contribution in [2.45, 2.75) is 4.90 Å². The second-order valence-electron chi connectivity index (χ2n) is 7.17. The lowest BCUT2D eigenvalue weighted by Crippen LogP contribution is -2.27. The number of anilines is 2. The monoisotopic (exact) mass is 528 g/mol. The molecule has 0 heterocycles. The Morgan fingerprint density at radius 3 is 2.47 bits per heavy atom. The van der Waals surface area contributed by atoms with Gasteiger partial charge in [-0.2, -0.15) is 5.26 Å². The molecule has 0 saturated carbocycles. The standard InChI is InChI=1S/C23H17ClN4O7S/c1-27(16-5-3-2-4-6-16)36(33,34)18-8-9-20(24)19(12-18)23(30)35-14-22(29)26-21-10-7-17(28(31)32)11-15(21)13-25/h2-12H,14H2,1H3,(H,26,29). The van der Waals surface area contributed by atoms with E-state index in [9.17, 15) is 28.1 Å². The number of nitrogens with one attached hydrogen (secondary N) is 1. The molecular formula is C23H17ClN4O7S.